The Morgan fingerprint density at radius 2 is 1.53 bits per heavy atom. The predicted octanol–water partition coefficient (Wildman–Crippen LogP) is 1.98. The van der Waals surface area contributed by atoms with Crippen molar-refractivity contribution in [3.05, 3.63) is 112 Å². The van der Waals surface area contributed by atoms with E-state index >= 15 is 0 Å². The van der Waals surface area contributed by atoms with E-state index in [-0.39, 0.29) is 31.0 Å². The van der Waals surface area contributed by atoms with E-state index < -0.39 is 34.8 Å². The van der Waals surface area contributed by atoms with Crippen LogP contribution in [0.25, 0.3) is 0 Å². The summed E-state index contributed by atoms with van der Waals surface area (Å²) >= 11 is 0. The van der Waals surface area contributed by atoms with Crippen LogP contribution in [0.2, 0.25) is 0 Å². The summed E-state index contributed by atoms with van der Waals surface area (Å²) in [6.07, 6.45) is 0.0953. The number of phenols is 1. The van der Waals surface area contributed by atoms with Crippen LogP contribution in [0.3, 0.4) is 0 Å². The highest BCUT2D eigenvalue weighted by atomic mass is 16.7. The lowest BCUT2D eigenvalue weighted by Crippen LogP contribution is -2.49. The van der Waals surface area contributed by atoms with Gasteiger partial charge in [0.15, 0.2) is 10.9 Å². The van der Waals surface area contributed by atoms with E-state index in [0.717, 1.165) is 11.1 Å². The van der Waals surface area contributed by atoms with Crippen molar-refractivity contribution in [1.29, 1.82) is 0 Å². The Morgan fingerprint density at radius 3 is 2.08 bits per heavy atom. The Morgan fingerprint density at radius 1 is 0.921 bits per heavy atom. The number of aromatic hydroxyl groups is 1. The van der Waals surface area contributed by atoms with E-state index in [1.807, 2.05) is 60.7 Å². The van der Waals surface area contributed by atoms with Crippen molar-refractivity contribution in [2.24, 2.45) is 16.6 Å². The number of carbonyl (C=O) groups excluding carboxylic acids is 2. The highest BCUT2D eigenvalue weighted by molar-refractivity contribution is 5.92. The van der Waals surface area contributed by atoms with Gasteiger partial charge in [0.05, 0.1) is 17.1 Å². The van der Waals surface area contributed by atoms with Crippen molar-refractivity contribution in [3.63, 3.8) is 0 Å². The molecule has 0 fully saturated rings. The molecule has 3 rings (SSSR count). The lowest BCUT2D eigenvalue weighted by molar-refractivity contribution is -0.485. The molecule has 0 saturated carbocycles. The fraction of sp³-hybridized carbons (Fsp3) is 0.222. The first-order chi connectivity index (χ1) is 18.2. The van der Waals surface area contributed by atoms with Crippen LogP contribution in [0.1, 0.15) is 35.4 Å². The second kappa shape index (κ2) is 13.5. The Kier molecular flexibility index (Phi) is 9.89. The number of hydrazone groups is 1. The predicted molar refractivity (Wildman–Crippen MR) is 142 cm³/mol. The Balaban J connectivity index is 1.82. The van der Waals surface area contributed by atoms with Crippen molar-refractivity contribution in [2.75, 3.05) is 0 Å². The number of nitrogens with zero attached hydrogens (tertiary/aromatic N) is 2. The first kappa shape index (κ1) is 27.8. The van der Waals surface area contributed by atoms with Crippen LogP contribution in [0.5, 0.6) is 5.75 Å². The number of hydrogen-bond donors (Lipinski definition) is 5. The summed E-state index contributed by atoms with van der Waals surface area (Å²) < 4.78 is 0. The van der Waals surface area contributed by atoms with Crippen LogP contribution < -0.4 is 22.1 Å². The molecule has 0 aromatic heterocycles. The lowest BCUT2D eigenvalue weighted by Gasteiger charge is -2.24. The van der Waals surface area contributed by atoms with Gasteiger partial charge in [-0.15, -0.1) is 0 Å². The van der Waals surface area contributed by atoms with Gasteiger partial charge in [-0.1, -0.05) is 72.8 Å². The van der Waals surface area contributed by atoms with Gasteiger partial charge >= 0.3 is 0 Å². The first-order valence-corrected chi connectivity index (χ1v) is 11.9. The third kappa shape index (κ3) is 8.14. The highest BCUT2D eigenvalue weighted by Crippen LogP contribution is 2.25. The maximum Gasteiger partial charge on any atom is 0.242 e. The van der Waals surface area contributed by atoms with E-state index in [0.29, 0.717) is 5.56 Å². The molecule has 3 aromatic rings. The van der Waals surface area contributed by atoms with Gasteiger partial charge in [0.2, 0.25) is 11.8 Å². The van der Waals surface area contributed by atoms with Gasteiger partial charge in [-0.2, -0.15) is 0 Å². The fourth-order valence-corrected chi connectivity index (χ4v) is 3.95. The smallest absolute Gasteiger partial charge is 0.242 e. The summed E-state index contributed by atoms with van der Waals surface area (Å²) in [6, 6.07) is 22.7. The molecule has 0 radical (unpaired) electrons. The standard InChI is InChI=1S/C27H30N6O5/c28-22(25(29)32-33(37)38)14-15-23(26(35)30-17-18-8-7-13-21(34)16-18)31-27(36)24(19-9-3-1-4-10-19)20-11-5-2-6-12-20/h1-13,16,22-24,34H,14-15,17,28H2,(H2,29,32)(H,30,35)(H,31,36). The number of rotatable bonds is 12. The van der Waals surface area contributed by atoms with Crippen LogP contribution in [-0.2, 0) is 16.1 Å². The topological polar surface area (TPSA) is 186 Å². The molecular weight excluding hydrogens is 488 g/mol. The van der Waals surface area contributed by atoms with Gasteiger partial charge in [0, 0.05) is 6.54 Å². The molecule has 2 atom stereocenters. The molecule has 0 saturated heterocycles. The second-order valence-electron chi connectivity index (χ2n) is 8.65. The molecule has 0 heterocycles. The highest BCUT2D eigenvalue weighted by Gasteiger charge is 2.28. The van der Waals surface area contributed by atoms with Crippen molar-refractivity contribution in [2.45, 2.75) is 37.4 Å². The van der Waals surface area contributed by atoms with Crippen molar-refractivity contribution >= 4 is 17.6 Å². The average Bonchev–Trinajstić information content (AvgIpc) is 2.90. The summed E-state index contributed by atoms with van der Waals surface area (Å²) in [5.74, 6) is -1.90. The number of nitrogens with one attached hydrogen (secondary N) is 2. The van der Waals surface area contributed by atoms with E-state index in [4.69, 9.17) is 11.5 Å². The Bertz CT molecular complexity index is 1230. The normalized spacial score (nSPS) is 12.9. The zero-order chi connectivity index (χ0) is 27.5. The molecule has 3 aromatic carbocycles. The van der Waals surface area contributed by atoms with Crippen molar-refractivity contribution in [1.82, 2.24) is 10.6 Å². The number of phenolic OH excluding ortho intramolecular Hbond substituents is 1. The van der Waals surface area contributed by atoms with Gasteiger partial charge in [-0.25, -0.2) is 10.1 Å². The Labute approximate surface area is 219 Å². The van der Waals surface area contributed by atoms with E-state index in [1.54, 1.807) is 12.1 Å². The van der Waals surface area contributed by atoms with Crippen LogP contribution in [0, 0.1) is 10.1 Å². The van der Waals surface area contributed by atoms with Crippen LogP contribution >= 0.6 is 0 Å². The molecule has 0 aliphatic heterocycles. The van der Waals surface area contributed by atoms with Crippen LogP contribution in [0.15, 0.2) is 90.0 Å². The SMILES string of the molecule is N/C(=N/[N+](=O)[O-])C(N)CCC(NC(=O)C(c1ccccc1)c1ccccc1)C(=O)NCc1cccc(O)c1. The van der Waals surface area contributed by atoms with E-state index in [9.17, 15) is 24.8 Å². The molecule has 11 heteroatoms. The quantitative estimate of drug-likeness (QED) is 0.105. The van der Waals surface area contributed by atoms with Crippen molar-refractivity contribution < 1.29 is 19.7 Å². The molecule has 0 bridgehead atoms. The maximum atomic E-state index is 13.6. The van der Waals surface area contributed by atoms with Crippen molar-refractivity contribution in [3.8, 4) is 5.75 Å². The lowest BCUT2D eigenvalue weighted by atomic mass is 9.90. The zero-order valence-corrected chi connectivity index (χ0v) is 20.6. The van der Waals surface area contributed by atoms with Gasteiger partial charge in [0.25, 0.3) is 0 Å². The summed E-state index contributed by atoms with van der Waals surface area (Å²) in [5.41, 5.74) is 13.7. The summed E-state index contributed by atoms with van der Waals surface area (Å²) in [6.45, 7) is 0.109. The molecule has 0 aliphatic carbocycles. The molecular formula is C27H30N6O5. The summed E-state index contributed by atoms with van der Waals surface area (Å²) in [4.78, 5) is 37.4. The van der Waals surface area contributed by atoms with Gasteiger partial charge in [-0.05, 0) is 41.7 Å². The monoisotopic (exact) mass is 518 g/mol. The van der Waals surface area contributed by atoms with Crippen LogP contribution in [-0.4, -0.2) is 39.9 Å². The fourth-order valence-electron chi connectivity index (χ4n) is 3.95. The number of carbonyl (C=O) groups is 2. The minimum Gasteiger partial charge on any atom is -0.508 e. The minimum atomic E-state index is -1.02. The third-order valence-corrected chi connectivity index (χ3v) is 5.88. The number of nitrogens with two attached hydrogens (primary N) is 2. The van der Waals surface area contributed by atoms with Gasteiger partial charge < -0.3 is 27.2 Å². The number of nitro groups is 1. The molecule has 11 nitrogen and oxygen atoms in total. The van der Waals surface area contributed by atoms with E-state index in [2.05, 4.69) is 15.7 Å². The van der Waals surface area contributed by atoms with E-state index in [1.165, 1.54) is 12.1 Å². The summed E-state index contributed by atoms with van der Waals surface area (Å²) in [5, 5.41) is 28.0. The third-order valence-electron chi connectivity index (χ3n) is 5.88. The molecule has 7 N–H and O–H groups in total. The maximum absolute atomic E-state index is 13.6. The average molecular weight is 519 g/mol. The van der Waals surface area contributed by atoms with Gasteiger partial charge in [0.1, 0.15) is 11.8 Å². The second-order valence-corrected chi connectivity index (χ2v) is 8.65. The number of amidine groups is 1. The molecule has 198 valence electrons. The minimum absolute atomic E-state index is 0.0447. The molecule has 2 amide bonds. The van der Waals surface area contributed by atoms with Crippen LogP contribution in [0.4, 0.5) is 0 Å². The number of benzene rings is 3. The number of hydrogen-bond acceptors (Lipinski definition) is 6. The molecule has 0 aliphatic rings. The van der Waals surface area contributed by atoms with Gasteiger partial charge in [-0.3, -0.25) is 9.59 Å². The molecule has 2 unspecified atom stereocenters. The molecule has 0 spiro atoms. The number of amides is 2. The Hall–Kier alpha value is -4.77. The first-order valence-electron chi connectivity index (χ1n) is 11.9. The molecule has 38 heavy (non-hydrogen) atoms. The largest absolute Gasteiger partial charge is 0.508 e. The summed E-state index contributed by atoms with van der Waals surface area (Å²) in [7, 11) is 0. The zero-order valence-electron chi connectivity index (χ0n) is 20.6.